The van der Waals surface area contributed by atoms with Gasteiger partial charge >= 0.3 is 0 Å². The van der Waals surface area contributed by atoms with Gasteiger partial charge in [0.1, 0.15) is 24.7 Å². The van der Waals surface area contributed by atoms with Crippen LogP contribution in [0.1, 0.15) is 17.2 Å². The van der Waals surface area contributed by atoms with Gasteiger partial charge in [0.05, 0.1) is 6.04 Å². The summed E-state index contributed by atoms with van der Waals surface area (Å²) in [6.07, 6.45) is 0. The van der Waals surface area contributed by atoms with Gasteiger partial charge in [0.2, 0.25) is 0 Å². The van der Waals surface area contributed by atoms with Crippen molar-refractivity contribution in [2.45, 2.75) is 12.6 Å². The van der Waals surface area contributed by atoms with Crippen LogP contribution in [0, 0.1) is 0 Å². The average molecular weight is 301 g/mol. The maximum absolute atomic E-state index is 5.80. The van der Waals surface area contributed by atoms with Crippen LogP contribution in [0.3, 0.4) is 0 Å². The van der Waals surface area contributed by atoms with Crippen molar-refractivity contribution in [2.24, 2.45) is 0 Å². The molecule has 2 aromatic rings. The number of hydrogen-bond donors (Lipinski definition) is 1. The Kier molecular flexibility index (Phi) is 4.90. The third kappa shape index (κ3) is 3.57. The minimum atomic E-state index is 0.00771. The van der Waals surface area contributed by atoms with Gasteiger partial charge in [0.25, 0.3) is 0 Å². The summed E-state index contributed by atoms with van der Waals surface area (Å²) in [5.41, 5.74) is 5.12. The smallest absolute Gasteiger partial charge is 0.166 e. The topological polar surface area (TPSA) is 49.0 Å². The fourth-order valence-corrected chi connectivity index (χ4v) is 2.31. The Morgan fingerprint density at radius 3 is 2.86 bits per heavy atom. The van der Waals surface area contributed by atoms with Crippen LogP contribution in [-0.4, -0.2) is 20.5 Å². The highest BCUT2D eigenvalue weighted by Crippen LogP contribution is 2.35. The zero-order valence-electron chi connectivity index (χ0n) is 12.5. The average Bonchev–Trinajstić information content (AvgIpc) is 2.97. The predicted molar refractivity (Wildman–Crippen MR) is 81.5 cm³/mol. The monoisotopic (exact) mass is 301 g/mol. The predicted octanol–water partition coefficient (Wildman–Crippen LogP) is 2.82. The zero-order valence-corrected chi connectivity index (χ0v) is 12.5. The van der Waals surface area contributed by atoms with Crippen LogP contribution in [0.15, 0.2) is 48.5 Å². The van der Waals surface area contributed by atoms with E-state index in [0.717, 1.165) is 22.6 Å². The Bertz CT molecular complexity index is 603. The maximum atomic E-state index is 5.80. The molecule has 0 spiro atoms. The summed E-state index contributed by atoms with van der Waals surface area (Å²) in [4.78, 5) is 5.18. The van der Waals surface area contributed by atoms with Crippen molar-refractivity contribution in [1.82, 2.24) is 5.48 Å². The molecule has 1 aliphatic rings. The minimum absolute atomic E-state index is 0.00771. The number of methoxy groups -OCH3 is 1. The molecular weight excluding hydrogens is 282 g/mol. The third-order valence-corrected chi connectivity index (χ3v) is 3.42. The largest absolute Gasteiger partial charge is 0.491 e. The molecule has 5 nitrogen and oxygen atoms in total. The molecule has 1 atom stereocenters. The molecular formula is C17H19NO4. The summed E-state index contributed by atoms with van der Waals surface area (Å²) < 4.78 is 16.3. The van der Waals surface area contributed by atoms with Crippen molar-refractivity contribution >= 4 is 0 Å². The quantitative estimate of drug-likeness (QED) is 0.484. The number of hydrogen-bond acceptors (Lipinski definition) is 5. The zero-order chi connectivity index (χ0) is 15.2. The van der Waals surface area contributed by atoms with E-state index in [1.165, 1.54) is 0 Å². The van der Waals surface area contributed by atoms with Gasteiger partial charge in [-0.2, -0.15) is 5.48 Å². The number of hydroxylamine groups is 1. The van der Waals surface area contributed by atoms with Crippen molar-refractivity contribution in [3.05, 3.63) is 59.7 Å². The van der Waals surface area contributed by atoms with Crippen LogP contribution >= 0.6 is 0 Å². The lowest BCUT2D eigenvalue weighted by molar-refractivity contribution is -0.0959. The maximum Gasteiger partial charge on any atom is 0.166 e. The van der Waals surface area contributed by atoms with Crippen LogP contribution in [0.4, 0.5) is 0 Å². The van der Waals surface area contributed by atoms with E-state index in [-0.39, 0.29) is 12.8 Å². The Morgan fingerprint density at radius 2 is 2.05 bits per heavy atom. The Hall–Kier alpha value is -2.08. The van der Waals surface area contributed by atoms with Crippen molar-refractivity contribution in [1.29, 1.82) is 0 Å². The van der Waals surface area contributed by atoms with E-state index < -0.39 is 0 Å². The first-order chi connectivity index (χ1) is 10.9. The number of fused-ring (bicyclic) bond motifs is 1. The Balaban J connectivity index is 1.60. The number of ether oxygens (including phenoxy) is 3. The van der Waals surface area contributed by atoms with Crippen molar-refractivity contribution in [3.8, 4) is 11.5 Å². The first kappa shape index (κ1) is 14.8. The van der Waals surface area contributed by atoms with Crippen LogP contribution < -0.4 is 15.0 Å². The van der Waals surface area contributed by atoms with Crippen LogP contribution in [0.25, 0.3) is 0 Å². The molecule has 0 bridgehead atoms. The molecule has 116 valence electrons. The summed E-state index contributed by atoms with van der Waals surface area (Å²) in [6, 6.07) is 15.9. The first-order valence-corrected chi connectivity index (χ1v) is 7.16. The lowest BCUT2D eigenvalue weighted by atomic mass is 10.1. The molecule has 1 aliphatic heterocycles. The molecule has 1 unspecified atom stereocenters. The molecule has 22 heavy (non-hydrogen) atoms. The van der Waals surface area contributed by atoms with E-state index in [1.54, 1.807) is 7.11 Å². The fraction of sp³-hybridized carbons (Fsp3) is 0.294. The second-order valence-electron chi connectivity index (χ2n) is 5.01. The van der Waals surface area contributed by atoms with Gasteiger partial charge in [0.15, 0.2) is 6.79 Å². The number of rotatable bonds is 7. The van der Waals surface area contributed by atoms with Gasteiger partial charge < -0.3 is 14.2 Å². The second kappa shape index (κ2) is 7.26. The number of nitrogens with one attached hydrogen (secondary N) is 1. The van der Waals surface area contributed by atoms with Gasteiger partial charge in [-0.25, -0.2) is 0 Å². The SMILES string of the molecule is COCONC1COc2cc(OCc3ccccc3)ccc21. The standard InChI is InChI=1S/C17H19NO4/c1-19-12-22-18-16-11-21-17-9-14(7-8-15(16)17)20-10-13-5-3-2-4-6-13/h2-9,16,18H,10-12H2,1H3. The normalized spacial score (nSPS) is 16.1. The van der Waals surface area contributed by atoms with Crippen LogP contribution in [0.5, 0.6) is 11.5 Å². The van der Waals surface area contributed by atoms with Gasteiger partial charge in [-0.15, -0.1) is 0 Å². The third-order valence-electron chi connectivity index (χ3n) is 3.42. The van der Waals surface area contributed by atoms with Crippen LogP contribution in [0.2, 0.25) is 0 Å². The summed E-state index contributed by atoms with van der Waals surface area (Å²) in [5, 5.41) is 0. The van der Waals surface area contributed by atoms with Gasteiger partial charge in [0, 0.05) is 18.7 Å². The van der Waals surface area contributed by atoms with Gasteiger partial charge in [-0.3, -0.25) is 4.84 Å². The highest BCUT2D eigenvalue weighted by molar-refractivity contribution is 5.44. The van der Waals surface area contributed by atoms with Crippen molar-refractivity contribution < 1.29 is 19.0 Å². The Labute approximate surface area is 129 Å². The van der Waals surface area contributed by atoms with Gasteiger partial charge in [-0.05, 0) is 17.7 Å². The van der Waals surface area contributed by atoms with E-state index >= 15 is 0 Å². The highest BCUT2D eigenvalue weighted by atomic mass is 16.7. The van der Waals surface area contributed by atoms with Crippen molar-refractivity contribution in [3.63, 3.8) is 0 Å². The molecule has 0 radical (unpaired) electrons. The fourth-order valence-electron chi connectivity index (χ4n) is 2.31. The molecule has 3 rings (SSSR count). The second-order valence-corrected chi connectivity index (χ2v) is 5.01. The van der Waals surface area contributed by atoms with E-state index in [9.17, 15) is 0 Å². The summed E-state index contributed by atoms with van der Waals surface area (Å²) in [6.45, 7) is 1.27. The van der Waals surface area contributed by atoms with Crippen LogP contribution in [-0.2, 0) is 16.2 Å². The first-order valence-electron chi connectivity index (χ1n) is 7.16. The van der Waals surface area contributed by atoms with E-state index in [0.29, 0.717) is 13.2 Å². The molecule has 1 heterocycles. The minimum Gasteiger partial charge on any atom is -0.491 e. The lowest BCUT2D eigenvalue weighted by Gasteiger charge is -2.11. The van der Waals surface area contributed by atoms with E-state index in [2.05, 4.69) is 5.48 Å². The molecule has 5 heteroatoms. The summed E-state index contributed by atoms with van der Waals surface area (Å²) in [5.74, 6) is 1.62. The molecule has 0 fully saturated rings. The molecule has 0 saturated heterocycles. The van der Waals surface area contributed by atoms with E-state index in [1.807, 2.05) is 48.5 Å². The molecule has 0 amide bonds. The lowest BCUT2D eigenvalue weighted by Crippen LogP contribution is -2.23. The Morgan fingerprint density at radius 1 is 1.18 bits per heavy atom. The molecule has 1 N–H and O–H groups in total. The van der Waals surface area contributed by atoms with E-state index in [4.69, 9.17) is 19.0 Å². The molecule has 0 aliphatic carbocycles. The summed E-state index contributed by atoms with van der Waals surface area (Å²) in [7, 11) is 1.58. The molecule has 0 saturated carbocycles. The number of benzene rings is 2. The van der Waals surface area contributed by atoms with Gasteiger partial charge in [-0.1, -0.05) is 30.3 Å². The van der Waals surface area contributed by atoms with Crippen molar-refractivity contribution in [2.75, 3.05) is 20.5 Å². The highest BCUT2D eigenvalue weighted by Gasteiger charge is 2.24. The molecule has 2 aromatic carbocycles. The molecule has 0 aromatic heterocycles. The summed E-state index contributed by atoms with van der Waals surface area (Å²) >= 11 is 0.